The Kier molecular flexibility index (Phi) is 7.07. The summed E-state index contributed by atoms with van der Waals surface area (Å²) in [6, 6.07) is 26.2. The lowest BCUT2D eigenvalue weighted by Gasteiger charge is -2.26. The number of rotatable bonds is 8. The lowest BCUT2D eigenvalue weighted by atomic mass is 9.98. The van der Waals surface area contributed by atoms with Crippen LogP contribution in [0.4, 0.5) is 0 Å². The quantitative estimate of drug-likeness (QED) is 0.561. The third kappa shape index (κ3) is 5.11. The highest BCUT2D eigenvalue weighted by molar-refractivity contribution is 5.79. The molecule has 4 rings (SSSR count). The van der Waals surface area contributed by atoms with Crippen molar-refractivity contribution in [2.24, 2.45) is 0 Å². The first-order valence-corrected chi connectivity index (χ1v) is 11.0. The average Bonchev–Trinajstić information content (AvgIpc) is 3.31. The maximum Gasteiger partial charge on any atom is 0.234 e. The first-order valence-electron chi connectivity index (χ1n) is 11.0. The molecule has 0 aliphatic carbocycles. The number of hydrogen-bond donors (Lipinski definition) is 1. The predicted octanol–water partition coefficient (Wildman–Crippen LogP) is 4.75. The van der Waals surface area contributed by atoms with Crippen LogP contribution in [0.1, 0.15) is 41.6 Å². The van der Waals surface area contributed by atoms with Crippen LogP contribution in [-0.4, -0.2) is 38.1 Å². The molecule has 1 amide bonds. The summed E-state index contributed by atoms with van der Waals surface area (Å²) in [6.45, 7) is 1.31. The van der Waals surface area contributed by atoms with Crippen molar-refractivity contribution in [2.75, 3.05) is 27.3 Å². The summed E-state index contributed by atoms with van der Waals surface area (Å²) in [7, 11) is 3.30. The smallest absolute Gasteiger partial charge is 0.234 e. The molecule has 1 fully saturated rings. The van der Waals surface area contributed by atoms with Crippen molar-refractivity contribution in [3.05, 3.63) is 95.6 Å². The van der Waals surface area contributed by atoms with Crippen molar-refractivity contribution in [2.45, 2.75) is 24.9 Å². The van der Waals surface area contributed by atoms with Crippen LogP contribution in [0.15, 0.2) is 78.9 Å². The Morgan fingerprint density at radius 3 is 2.00 bits per heavy atom. The molecule has 0 spiro atoms. The minimum atomic E-state index is -0.253. The Labute approximate surface area is 190 Å². The molecule has 1 N–H and O–H groups in total. The van der Waals surface area contributed by atoms with Crippen LogP contribution in [0.2, 0.25) is 0 Å². The largest absolute Gasteiger partial charge is 0.497 e. The number of carbonyl (C=O) groups excluding carboxylic acids is 1. The van der Waals surface area contributed by atoms with Gasteiger partial charge in [-0.1, -0.05) is 54.6 Å². The molecule has 1 heterocycles. The van der Waals surface area contributed by atoms with Gasteiger partial charge in [-0.15, -0.1) is 0 Å². The van der Waals surface area contributed by atoms with Gasteiger partial charge in [0.25, 0.3) is 0 Å². The Morgan fingerprint density at radius 1 is 0.906 bits per heavy atom. The van der Waals surface area contributed by atoms with Gasteiger partial charge in [0.1, 0.15) is 11.5 Å². The normalized spacial score (nSPS) is 16.2. The number of nitrogens with one attached hydrogen (secondary N) is 1. The van der Waals surface area contributed by atoms with Gasteiger partial charge in [0.2, 0.25) is 5.91 Å². The van der Waals surface area contributed by atoms with E-state index in [1.807, 2.05) is 54.6 Å². The van der Waals surface area contributed by atoms with Crippen molar-refractivity contribution in [1.82, 2.24) is 10.2 Å². The molecule has 1 aliphatic heterocycles. The van der Waals surface area contributed by atoms with E-state index < -0.39 is 0 Å². The van der Waals surface area contributed by atoms with E-state index >= 15 is 0 Å². The number of hydrogen-bond acceptors (Lipinski definition) is 4. The monoisotopic (exact) mass is 430 g/mol. The van der Waals surface area contributed by atoms with E-state index in [0.29, 0.717) is 12.6 Å². The van der Waals surface area contributed by atoms with E-state index in [2.05, 4.69) is 34.5 Å². The van der Waals surface area contributed by atoms with Crippen LogP contribution in [0.3, 0.4) is 0 Å². The Bertz CT molecular complexity index is 956. The highest BCUT2D eigenvalue weighted by Crippen LogP contribution is 2.32. The fraction of sp³-hybridized carbons (Fsp3) is 0.296. The second-order valence-corrected chi connectivity index (χ2v) is 8.09. The molecule has 166 valence electrons. The summed E-state index contributed by atoms with van der Waals surface area (Å²) >= 11 is 0. The van der Waals surface area contributed by atoms with Crippen molar-refractivity contribution in [3.63, 3.8) is 0 Å². The second-order valence-electron chi connectivity index (χ2n) is 8.09. The molecule has 0 radical (unpaired) electrons. The van der Waals surface area contributed by atoms with Crippen LogP contribution in [0.25, 0.3) is 0 Å². The average molecular weight is 431 g/mol. The number of amides is 1. The molecule has 1 unspecified atom stereocenters. The van der Waals surface area contributed by atoms with Gasteiger partial charge < -0.3 is 14.8 Å². The molecule has 1 atom stereocenters. The van der Waals surface area contributed by atoms with Gasteiger partial charge in [0, 0.05) is 6.04 Å². The van der Waals surface area contributed by atoms with Crippen molar-refractivity contribution in [1.29, 1.82) is 0 Å². The van der Waals surface area contributed by atoms with E-state index in [1.165, 1.54) is 5.56 Å². The van der Waals surface area contributed by atoms with Gasteiger partial charge in [-0.2, -0.15) is 0 Å². The molecular formula is C27H30N2O3. The molecular weight excluding hydrogens is 400 g/mol. The zero-order valence-electron chi connectivity index (χ0n) is 18.7. The molecule has 3 aromatic carbocycles. The highest BCUT2D eigenvalue weighted by atomic mass is 16.5. The second kappa shape index (κ2) is 10.3. The lowest BCUT2D eigenvalue weighted by molar-refractivity contribution is -0.123. The van der Waals surface area contributed by atoms with Gasteiger partial charge in [-0.05, 0) is 60.3 Å². The summed E-state index contributed by atoms with van der Waals surface area (Å²) < 4.78 is 10.6. The fourth-order valence-electron chi connectivity index (χ4n) is 4.41. The van der Waals surface area contributed by atoms with E-state index in [1.54, 1.807) is 14.2 Å². The van der Waals surface area contributed by atoms with Crippen LogP contribution in [0, 0.1) is 0 Å². The maximum atomic E-state index is 13.2. The maximum absolute atomic E-state index is 13.2. The minimum Gasteiger partial charge on any atom is -0.497 e. The Balaban J connectivity index is 1.52. The number of benzene rings is 3. The van der Waals surface area contributed by atoms with Crippen LogP contribution in [-0.2, 0) is 4.79 Å². The third-order valence-electron chi connectivity index (χ3n) is 6.10. The molecule has 0 saturated carbocycles. The van der Waals surface area contributed by atoms with E-state index in [-0.39, 0.29) is 11.9 Å². The topological polar surface area (TPSA) is 50.8 Å². The van der Waals surface area contributed by atoms with Crippen molar-refractivity contribution < 1.29 is 14.3 Å². The summed E-state index contributed by atoms with van der Waals surface area (Å²) in [5.74, 6) is 1.59. The lowest BCUT2D eigenvalue weighted by Crippen LogP contribution is -2.39. The van der Waals surface area contributed by atoms with Crippen molar-refractivity contribution >= 4 is 5.91 Å². The predicted molar refractivity (Wildman–Crippen MR) is 126 cm³/mol. The van der Waals surface area contributed by atoms with E-state index in [0.717, 1.165) is 42.0 Å². The van der Waals surface area contributed by atoms with Crippen LogP contribution < -0.4 is 14.8 Å². The summed E-state index contributed by atoms with van der Waals surface area (Å²) in [5.41, 5.74) is 3.29. The van der Waals surface area contributed by atoms with Gasteiger partial charge in [-0.25, -0.2) is 0 Å². The van der Waals surface area contributed by atoms with E-state index in [4.69, 9.17) is 9.47 Å². The molecule has 1 aliphatic rings. The molecule has 5 nitrogen and oxygen atoms in total. The molecule has 1 saturated heterocycles. The fourth-order valence-corrected chi connectivity index (χ4v) is 4.41. The first-order chi connectivity index (χ1) is 15.7. The number of likely N-dealkylation sites (tertiary alicyclic amines) is 1. The number of carbonyl (C=O) groups is 1. The van der Waals surface area contributed by atoms with Gasteiger partial charge in [0.05, 0.1) is 26.8 Å². The van der Waals surface area contributed by atoms with Crippen LogP contribution in [0.5, 0.6) is 11.5 Å². The molecule has 5 heteroatoms. The van der Waals surface area contributed by atoms with Crippen molar-refractivity contribution in [3.8, 4) is 11.5 Å². The molecule has 0 bridgehead atoms. The SMILES string of the molecule is COc1ccc(C(NC(=O)CN2CCCC2c2ccccc2)c2ccc(OC)cc2)cc1. The third-order valence-corrected chi connectivity index (χ3v) is 6.10. The summed E-state index contributed by atoms with van der Waals surface area (Å²) in [6.07, 6.45) is 2.19. The standard InChI is InChI=1S/C27H30N2O3/c1-31-23-14-10-21(11-15-23)27(22-12-16-24(32-2)17-13-22)28-26(30)19-29-18-6-9-25(29)20-7-4-3-5-8-20/h3-5,7-8,10-17,25,27H,6,9,18-19H2,1-2H3,(H,28,30). The number of nitrogens with zero attached hydrogens (tertiary/aromatic N) is 1. The molecule has 3 aromatic rings. The van der Waals surface area contributed by atoms with Gasteiger partial charge in [-0.3, -0.25) is 9.69 Å². The van der Waals surface area contributed by atoms with Gasteiger partial charge in [0.15, 0.2) is 0 Å². The summed E-state index contributed by atoms with van der Waals surface area (Å²) in [5, 5.41) is 3.26. The molecule has 0 aromatic heterocycles. The number of methoxy groups -OCH3 is 2. The number of ether oxygens (including phenoxy) is 2. The summed E-state index contributed by atoms with van der Waals surface area (Å²) in [4.78, 5) is 15.5. The first kappa shape index (κ1) is 21.9. The van der Waals surface area contributed by atoms with Gasteiger partial charge >= 0.3 is 0 Å². The zero-order valence-corrected chi connectivity index (χ0v) is 18.7. The Morgan fingerprint density at radius 2 is 1.47 bits per heavy atom. The zero-order chi connectivity index (χ0) is 22.3. The molecule has 32 heavy (non-hydrogen) atoms. The highest BCUT2D eigenvalue weighted by Gasteiger charge is 2.28. The van der Waals surface area contributed by atoms with Crippen LogP contribution >= 0.6 is 0 Å². The van der Waals surface area contributed by atoms with E-state index in [9.17, 15) is 4.79 Å². The minimum absolute atomic E-state index is 0.0180. The Hall–Kier alpha value is -3.31.